The lowest BCUT2D eigenvalue weighted by molar-refractivity contribution is 0.445. The fourth-order valence-electron chi connectivity index (χ4n) is 3.07. The van der Waals surface area contributed by atoms with Gasteiger partial charge in [0.2, 0.25) is 10.0 Å². The number of fused-ring (bicyclic) bond motifs is 1. The van der Waals surface area contributed by atoms with E-state index >= 15 is 0 Å². The van der Waals surface area contributed by atoms with Crippen LogP contribution in [0.2, 0.25) is 0 Å². The number of aryl methyl sites for hydroxylation is 2. The van der Waals surface area contributed by atoms with Crippen molar-refractivity contribution in [1.29, 1.82) is 0 Å². The maximum atomic E-state index is 12.9. The highest BCUT2D eigenvalue weighted by atomic mass is 32.2. The molecule has 2 heterocycles. The first-order valence-electron chi connectivity index (χ1n) is 9.09. The molecule has 7 nitrogen and oxygen atoms in total. The Bertz CT molecular complexity index is 1160. The predicted octanol–water partition coefficient (Wildman–Crippen LogP) is 3.02. The number of sulfonamides is 1. The lowest BCUT2D eigenvalue weighted by Gasteiger charge is -2.20. The van der Waals surface area contributed by atoms with Crippen LogP contribution in [0.5, 0.6) is 0 Å². The molecule has 0 aliphatic rings. The monoisotopic (exact) mass is 420 g/mol. The summed E-state index contributed by atoms with van der Waals surface area (Å²) >= 11 is 1.42. The highest BCUT2D eigenvalue weighted by molar-refractivity contribution is 7.89. The van der Waals surface area contributed by atoms with Crippen molar-refractivity contribution in [3.05, 3.63) is 57.0 Å². The number of nitrogens with one attached hydrogen (secondary N) is 1. The third-order valence-electron chi connectivity index (χ3n) is 4.61. The molecule has 0 saturated heterocycles. The van der Waals surface area contributed by atoms with E-state index in [1.807, 2.05) is 32.2 Å². The van der Waals surface area contributed by atoms with Gasteiger partial charge in [0.05, 0.1) is 17.1 Å². The quantitative estimate of drug-likeness (QED) is 0.635. The Morgan fingerprint density at radius 2 is 1.89 bits per heavy atom. The summed E-state index contributed by atoms with van der Waals surface area (Å²) < 4.78 is 28.8. The van der Waals surface area contributed by atoms with E-state index in [1.165, 1.54) is 21.7 Å². The summed E-state index contributed by atoms with van der Waals surface area (Å²) in [6.07, 6.45) is 0. The van der Waals surface area contributed by atoms with E-state index in [0.717, 1.165) is 5.69 Å². The van der Waals surface area contributed by atoms with Gasteiger partial charge in [-0.2, -0.15) is 4.31 Å². The standard InChI is InChI=1S/C19H24N4O3S2/c1-5-22(6-2)28(25,26)17-9-15(8-7-13(17)3)20-11-16-10-18(24)23-14(4)12-27-19(23)21-16/h7-10,12,20H,5-6,11H2,1-4H3. The summed E-state index contributed by atoms with van der Waals surface area (Å²) in [5, 5.41) is 5.08. The van der Waals surface area contributed by atoms with E-state index < -0.39 is 10.0 Å². The number of hydrogen-bond acceptors (Lipinski definition) is 6. The Balaban J connectivity index is 1.87. The molecule has 0 spiro atoms. The Hall–Kier alpha value is -2.23. The van der Waals surface area contributed by atoms with Crippen LogP contribution in [-0.4, -0.2) is 35.2 Å². The van der Waals surface area contributed by atoms with Gasteiger partial charge >= 0.3 is 0 Å². The molecule has 1 N–H and O–H groups in total. The number of benzene rings is 1. The fraction of sp³-hybridized carbons (Fsp3) is 0.368. The molecule has 0 aliphatic heterocycles. The minimum atomic E-state index is -3.54. The maximum Gasteiger partial charge on any atom is 0.259 e. The molecule has 28 heavy (non-hydrogen) atoms. The van der Waals surface area contributed by atoms with Crippen LogP contribution in [0.1, 0.15) is 30.8 Å². The number of nitrogens with zero attached hydrogens (tertiary/aromatic N) is 3. The molecule has 1 aromatic carbocycles. The number of thiazole rings is 1. The Morgan fingerprint density at radius 1 is 1.18 bits per heavy atom. The van der Waals surface area contributed by atoms with E-state index in [4.69, 9.17) is 0 Å². The van der Waals surface area contributed by atoms with Gasteiger partial charge in [0, 0.05) is 35.9 Å². The molecule has 3 aromatic rings. The maximum absolute atomic E-state index is 12.9. The van der Waals surface area contributed by atoms with Gasteiger partial charge in [-0.25, -0.2) is 13.4 Å². The van der Waals surface area contributed by atoms with Crippen molar-refractivity contribution in [1.82, 2.24) is 13.7 Å². The molecular weight excluding hydrogens is 396 g/mol. The molecule has 0 amide bonds. The summed E-state index contributed by atoms with van der Waals surface area (Å²) in [7, 11) is -3.54. The third kappa shape index (κ3) is 3.82. The van der Waals surface area contributed by atoms with Gasteiger partial charge in [0.15, 0.2) is 4.96 Å². The Kier molecular flexibility index (Phi) is 5.87. The first kappa shape index (κ1) is 20.5. The molecule has 3 rings (SSSR count). The van der Waals surface area contributed by atoms with Gasteiger partial charge in [-0.3, -0.25) is 9.20 Å². The van der Waals surface area contributed by atoms with Gasteiger partial charge in [-0.05, 0) is 31.5 Å². The van der Waals surface area contributed by atoms with Crippen molar-refractivity contribution in [2.45, 2.75) is 39.1 Å². The molecule has 0 atom stereocenters. The minimum absolute atomic E-state index is 0.116. The lowest BCUT2D eigenvalue weighted by atomic mass is 10.2. The second-order valence-corrected chi connectivity index (χ2v) is 9.25. The van der Waals surface area contributed by atoms with Gasteiger partial charge in [0.25, 0.3) is 5.56 Å². The topological polar surface area (TPSA) is 83.8 Å². The molecule has 0 fully saturated rings. The number of anilines is 1. The molecule has 2 aromatic heterocycles. The number of hydrogen-bond donors (Lipinski definition) is 1. The van der Waals surface area contributed by atoms with Crippen molar-refractivity contribution >= 4 is 32.0 Å². The highest BCUT2D eigenvalue weighted by Gasteiger charge is 2.23. The van der Waals surface area contributed by atoms with Crippen LogP contribution in [0.15, 0.2) is 39.3 Å². The van der Waals surface area contributed by atoms with Crippen LogP contribution >= 0.6 is 11.3 Å². The van der Waals surface area contributed by atoms with Crippen molar-refractivity contribution in [3.8, 4) is 0 Å². The molecule has 0 aliphatic carbocycles. The van der Waals surface area contributed by atoms with Crippen LogP contribution in [0, 0.1) is 13.8 Å². The van der Waals surface area contributed by atoms with Crippen LogP contribution in [0.25, 0.3) is 4.96 Å². The summed E-state index contributed by atoms with van der Waals surface area (Å²) in [6, 6.07) is 6.76. The largest absolute Gasteiger partial charge is 0.379 e. The third-order valence-corrected chi connectivity index (χ3v) is 7.75. The van der Waals surface area contributed by atoms with Gasteiger partial charge in [-0.1, -0.05) is 19.9 Å². The van der Waals surface area contributed by atoms with Gasteiger partial charge in [0.1, 0.15) is 0 Å². The second kappa shape index (κ2) is 8.02. The summed E-state index contributed by atoms with van der Waals surface area (Å²) in [6.45, 7) is 8.48. The zero-order chi connectivity index (χ0) is 20.5. The number of aromatic nitrogens is 2. The molecule has 0 unspecified atom stereocenters. The smallest absolute Gasteiger partial charge is 0.259 e. The van der Waals surface area contributed by atoms with Crippen molar-refractivity contribution in [3.63, 3.8) is 0 Å². The van der Waals surface area contributed by atoms with Crippen molar-refractivity contribution in [2.75, 3.05) is 18.4 Å². The average Bonchev–Trinajstić information content (AvgIpc) is 3.03. The predicted molar refractivity (Wildman–Crippen MR) is 113 cm³/mol. The van der Waals surface area contributed by atoms with Crippen LogP contribution in [0.4, 0.5) is 5.69 Å². The van der Waals surface area contributed by atoms with Gasteiger partial charge < -0.3 is 5.32 Å². The SMILES string of the molecule is CCN(CC)S(=O)(=O)c1cc(NCc2cc(=O)n3c(C)csc3n2)ccc1C. The number of rotatable bonds is 7. The average molecular weight is 421 g/mol. The molecule has 150 valence electrons. The Labute approximate surface area is 168 Å². The molecule has 0 saturated carbocycles. The van der Waals surface area contributed by atoms with E-state index in [-0.39, 0.29) is 5.56 Å². The zero-order valence-electron chi connectivity index (χ0n) is 16.4. The van der Waals surface area contributed by atoms with Crippen LogP contribution in [0.3, 0.4) is 0 Å². The minimum Gasteiger partial charge on any atom is -0.379 e. The van der Waals surface area contributed by atoms with Crippen LogP contribution < -0.4 is 10.9 Å². The fourth-order valence-corrected chi connectivity index (χ4v) is 5.67. The molecule has 9 heteroatoms. The van der Waals surface area contributed by atoms with E-state index in [0.29, 0.717) is 46.4 Å². The summed E-state index contributed by atoms with van der Waals surface area (Å²) in [5.41, 5.74) is 2.72. The highest BCUT2D eigenvalue weighted by Crippen LogP contribution is 2.24. The summed E-state index contributed by atoms with van der Waals surface area (Å²) in [5.74, 6) is 0. The molecule has 0 radical (unpaired) electrons. The normalized spacial score (nSPS) is 12.0. The molecular formula is C19H24N4O3S2. The van der Waals surface area contributed by atoms with E-state index in [9.17, 15) is 13.2 Å². The Morgan fingerprint density at radius 3 is 2.57 bits per heavy atom. The van der Waals surface area contributed by atoms with E-state index in [1.54, 1.807) is 23.5 Å². The van der Waals surface area contributed by atoms with E-state index in [2.05, 4.69) is 10.3 Å². The zero-order valence-corrected chi connectivity index (χ0v) is 18.0. The van der Waals surface area contributed by atoms with Crippen LogP contribution in [-0.2, 0) is 16.6 Å². The van der Waals surface area contributed by atoms with Gasteiger partial charge in [-0.15, -0.1) is 11.3 Å². The summed E-state index contributed by atoms with van der Waals surface area (Å²) in [4.78, 5) is 17.7. The first-order chi connectivity index (χ1) is 13.3. The molecule has 0 bridgehead atoms. The van der Waals surface area contributed by atoms with Crippen molar-refractivity contribution in [2.24, 2.45) is 0 Å². The first-order valence-corrected chi connectivity index (χ1v) is 11.4. The second-order valence-electron chi connectivity index (χ2n) is 6.50. The lowest BCUT2D eigenvalue weighted by Crippen LogP contribution is -2.31. The van der Waals surface area contributed by atoms with Crippen molar-refractivity contribution < 1.29 is 8.42 Å².